The maximum absolute atomic E-state index is 12.6. The Morgan fingerprint density at radius 2 is 1.88 bits per heavy atom. The lowest BCUT2D eigenvalue weighted by molar-refractivity contribution is -0.119. The van der Waals surface area contributed by atoms with Crippen LogP contribution in [0.25, 0.3) is 6.08 Å². The molecule has 0 saturated heterocycles. The Hall–Kier alpha value is -3.28. The van der Waals surface area contributed by atoms with Crippen LogP contribution in [0.5, 0.6) is 11.5 Å². The van der Waals surface area contributed by atoms with Crippen LogP contribution in [0, 0.1) is 6.92 Å². The van der Waals surface area contributed by atoms with E-state index >= 15 is 0 Å². The first-order valence-corrected chi connectivity index (χ1v) is 8.13. The number of primary amides is 1. The number of carbonyl (C=O) groups excluding carboxylic acids is 2. The third-order valence-corrected chi connectivity index (χ3v) is 4.11. The second kappa shape index (κ2) is 6.92. The highest BCUT2D eigenvalue weighted by Gasteiger charge is 2.30. The molecule has 3 rings (SSSR count). The molecular formula is C20H20N2O4. The number of carbonyl (C=O) groups is 2. The van der Waals surface area contributed by atoms with E-state index in [2.05, 4.69) is 0 Å². The van der Waals surface area contributed by atoms with E-state index in [4.69, 9.17) is 15.2 Å². The van der Waals surface area contributed by atoms with Crippen LogP contribution in [0.15, 0.2) is 42.2 Å². The number of hydrogen-bond donors (Lipinski definition) is 1. The van der Waals surface area contributed by atoms with E-state index in [1.807, 2.05) is 43.3 Å². The Morgan fingerprint density at radius 3 is 2.50 bits per heavy atom. The second-order valence-electron chi connectivity index (χ2n) is 6.25. The standard InChI is InChI=1S/C20H20N2O4/c1-12-16(25-11-18(21)23)9-8-15-19(24)17(26-20(12)15)10-13-4-6-14(7-5-13)22(2)3/h4-10H,11H2,1-3H3,(H2,21,23)/b17-10-. The highest BCUT2D eigenvalue weighted by atomic mass is 16.5. The number of ether oxygens (including phenoxy) is 2. The zero-order valence-corrected chi connectivity index (χ0v) is 14.9. The summed E-state index contributed by atoms with van der Waals surface area (Å²) in [6, 6.07) is 11.1. The van der Waals surface area contributed by atoms with Crippen molar-refractivity contribution in [1.29, 1.82) is 0 Å². The van der Waals surface area contributed by atoms with Crippen molar-refractivity contribution >= 4 is 23.5 Å². The van der Waals surface area contributed by atoms with Crippen molar-refractivity contribution in [1.82, 2.24) is 0 Å². The summed E-state index contributed by atoms with van der Waals surface area (Å²) in [5, 5.41) is 0. The fourth-order valence-corrected chi connectivity index (χ4v) is 2.69. The minimum Gasteiger partial charge on any atom is -0.483 e. The zero-order chi connectivity index (χ0) is 18.8. The Morgan fingerprint density at radius 1 is 1.19 bits per heavy atom. The highest BCUT2D eigenvalue weighted by Crippen LogP contribution is 2.39. The van der Waals surface area contributed by atoms with Crippen molar-refractivity contribution in [2.45, 2.75) is 6.92 Å². The molecule has 134 valence electrons. The molecule has 2 aromatic rings. The number of ketones is 1. The summed E-state index contributed by atoms with van der Waals surface area (Å²) in [5.41, 5.74) is 8.17. The molecule has 0 bridgehead atoms. The first-order chi connectivity index (χ1) is 12.4. The van der Waals surface area contributed by atoms with E-state index in [0.717, 1.165) is 11.3 Å². The van der Waals surface area contributed by atoms with Crippen LogP contribution in [-0.2, 0) is 4.79 Å². The van der Waals surface area contributed by atoms with Crippen molar-refractivity contribution < 1.29 is 19.1 Å². The van der Waals surface area contributed by atoms with E-state index in [-0.39, 0.29) is 18.1 Å². The summed E-state index contributed by atoms with van der Waals surface area (Å²) in [5.74, 6) is 0.428. The molecule has 1 heterocycles. The van der Waals surface area contributed by atoms with Gasteiger partial charge in [-0.25, -0.2) is 0 Å². The number of anilines is 1. The molecule has 6 nitrogen and oxygen atoms in total. The molecule has 2 N–H and O–H groups in total. The van der Waals surface area contributed by atoms with Gasteiger partial charge in [-0.05, 0) is 42.8 Å². The van der Waals surface area contributed by atoms with Crippen molar-refractivity contribution in [3.05, 3.63) is 58.8 Å². The van der Waals surface area contributed by atoms with Gasteiger partial charge in [-0.2, -0.15) is 0 Å². The van der Waals surface area contributed by atoms with Crippen LogP contribution in [0.2, 0.25) is 0 Å². The minimum absolute atomic E-state index is 0.179. The van der Waals surface area contributed by atoms with Gasteiger partial charge in [0.1, 0.15) is 11.5 Å². The fraction of sp³-hybridized carbons (Fsp3) is 0.200. The number of fused-ring (bicyclic) bond motifs is 1. The lowest BCUT2D eigenvalue weighted by Crippen LogP contribution is -2.20. The van der Waals surface area contributed by atoms with Crippen LogP contribution in [0.3, 0.4) is 0 Å². The molecule has 0 aromatic heterocycles. The second-order valence-corrected chi connectivity index (χ2v) is 6.25. The van der Waals surface area contributed by atoms with Gasteiger partial charge >= 0.3 is 0 Å². The summed E-state index contributed by atoms with van der Waals surface area (Å²) < 4.78 is 11.1. The van der Waals surface area contributed by atoms with Gasteiger partial charge in [0, 0.05) is 25.3 Å². The molecule has 0 saturated carbocycles. The predicted octanol–water partition coefficient (Wildman–Crippen LogP) is 2.54. The number of nitrogens with zero attached hydrogens (tertiary/aromatic N) is 1. The van der Waals surface area contributed by atoms with Crippen LogP contribution in [0.1, 0.15) is 21.5 Å². The lowest BCUT2D eigenvalue weighted by atomic mass is 10.1. The fourth-order valence-electron chi connectivity index (χ4n) is 2.69. The third-order valence-electron chi connectivity index (χ3n) is 4.11. The molecule has 26 heavy (non-hydrogen) atoms. The van der Waals surface area contributed by atoms with Crippen LogP contribution >= 0.6 is 0 Å². The van der Waals surface area contributed by atoms with Gasteiger partial charge in [-0.15, -0.1) is 0 Å². The zero-order valence-electron chi connectivity index (χ0n) is 14.9. The Kier molecular flexibility index (Phi) is 4.67. The number of allylic oxidation sites excluding steroid dienone is 1. The van der Waals surface area contributed by atoms with Gasteiger partial charge in [0.05, 0.1) is 5.56 Å². The number of amides is 1. The van der Waals surface area contributed by atoms with E-state index < -0.39 is 5.91 Å². The summed E-state index contributed by atoms with van der Waals surface area (Å²) in [6.07, 6.45) is 1.71. The predicted molar refractivity (Wildman–Crippen MR) is 99.6 cm³/mol. The molecule has 1 amide bonds. The number of benzene rings is 2. The molecular weight excluding hydrogens is 332 g/mol. The monoisotopic (exact) mass is 352 g/mol. The number of hydrogen-bond acceptors (Lipinski definition) is 5. The summed E-state index contributed by atoms with van der Waals surface area (Å²) in [7, 11) is 3.93. The Labute approximate surface area is 151 Å². The number of Topliss-reactive ketones (excluding diaryl/α,β-unsaturated/α-hetero) is 1. The minimum atomic E-state index is -0.566. The normalized spacial score (nSPS) is 14.1. The van der Waals surface area contributed by atoms with Gasteiger partial charge in [-0.3, -0.25) is 9.59 Å². The maximum atomic E-state index is 12.6. The van der Waals surface area contributed by atoms with E-state index in [1.54, 1.807) is 25.1 Å². The van der Waals surface area contributed by atoms with E-state index in [0.29, 0.717) is 22.6 Å². The quantitative estimate of drug-likeness (QED) is 0.836. The molecule has 6 heteroatoms. The largest absolute Gasteiger partial charge is 0.483 e. The van der Waals surface area contributed by atoms with Crippen molar-refractivity contribution in [3.8, 4) is 11.5 Å². The summed E-state index contributed by atoms with van der Waals surface area (Å²) in [4.78, 5) is 25.5. The molecule has 0 unspecified atom stereocenters. The van der Waals surface area contributed by atoms with Crippen LogP contribution in [-0.4, -0.2) is 32.4 Å². The van der Waals surface area contributed by atoms with E-state index in [1.165, 1.54) is 0 Å². The van der Waals surface area contributed by atoms with Gasteiger partial charge in [-0.1, -0.05) is 12.1 Å². The maximum Gasteiger partial charge on any atom is 0.255 e. The number of nitrogens with two attached hydrogens (primary N) is 1. The van der Waals surface area contributed by atoms with Crippen molar-refractivity contribution in [3.63, 3.8) is 0 Å². The van der Waals surface area contributed by atoms with Gasteiger partial charge in [0.2, 0.25) is 5.78 Å². The van der Waals surface area contributed by atoms with Gasteiger partial charge in [0.25, 0.3) is 5.91 Å². The topological polar surface area (TPSA) is 81.9 Å². The first kappa shape index (κ1) is 17.5. The van der Waals surface area contributed by atoms with Crippen LogP contribution < -0.4 is 20.1 Å². The molecule has 0 atom stereocenters. The summed E-state index contributed by atoms with van der Waals surface area (Å²) >= 11 is 0. The lowest BCUT2D eigenvalue weighted by Gasteiger charge is -2.12. The smallest absolute Gasteiger partial charge is 0.255 e. The average molecular weight is 352 g/mol. The molecule has 1 aliphatic heterocycles. The molecule has 1 aliphatic rings. The Balaban J connectivity index is 1.87. The van der Waals surface area contributed by atoms with Gasteiger partial charge in [0.15, 0.2) is 12.4 Å². The highest BCUT2D eigenvalue weighted by molar-refractivity contribution is 6.15. The van der Waals surface area contributed by atoms with Gasteiger partial charge < -0.3 is 20.1 Å². The number of rotatable bonds is 5. The summed E-state index contributed by atoms with van der Waals surface area (Å²) in [6.45, 7) is 1.55. The van der Waals surface area contributed by atoms with Crippen LogP contribution in [0.4, 0.5) is 5.69 Å². The molecule has 0 spiro atoms. The SMILES string of the molecule is Cc1c(OCC(N)=O)ccc2c1O/C(=C\c1ccc(N(C)C)cc1)C2=O. The molecule has 2 aromatic carbocycles. The van der Waals surface area contributed by atoms with Crippen molar-refractivity contribution in [2.24, 2.45) is 5.73 Å². The molecule has 0 fully saturated rings. The van der Waals surface area contributed by atoms with Crippen molar-refractivity contribution in [2.75, 3.05) is 25.6 Å². The molecule has 0 radical (unpaired) electrons. The third kappa shape index (κ3) is 3.39. The average Bonchev–Trinajstić information content (AvgIpc) is 2.92. The van der Waals surface area contributed by atoms with E-state index in [9.17, 15) is 9.59 Å². The Bertz CT molecular complexity index is 899. The first-order valence-electron chi connectivity index (χ1n) is 8.13. The molecule has 0 aliphatic carbocycles.